The zero-order chi connectivity index (χ0) is 14.9. The van der Waals surface area contributed by atoms with Crippen molar-refractivity contribution in [2.24, 2.45) is 0 Å². The van der Waals surface area contributed by atoms with Gasteiger partial charge in [0.15, 0.2) is 24.0 Å². The number of nitrogens with zero attached hydrogens (tertiary/aromatic N) is 1. The number of benzene rings is 1. The van der Waals surface area contributed by atoms with E-state index in [0.29, 0.717) is 0 Å². The molecule has 0 saturated carbocycles. The minimum Gasteiger partial charge on any atom is -0.477 e. The Kier molecular flexibility index (Phi) is 3.77. The number of amides is 3. The van der Waals surface area contributed by atoms with Crippen LogP contribution in [0.5, 0.6) is 5.75 Å². The van der Waals surface area contributed by atoms with Crippen molar-refractivity contribution in [3.63, 3.8) is 0 Å². The first-order valence-electron chi connectivity index (χ1n) is 5.45. The zero-order valence-electron chi connectivity index (χ0n) is 9.88. The Labute approximate surface area is 110 Å². The van der Waals surface area contributed by atoms with Crippen LogP contribution in [0.2, 0.25) is 0 Å². The highest BCUT2D eigenvalue weighted by molar-refractivity contribution is 5.96. The lowest BCUT2D eigenvalue weighted by molar-refractivity contribution is -0.129. The summed E-state index contributed by atoms with van der Waals surface area (Å²) in [4.78, 5) is 23.4. The molecule has 0 atom stereocenters. The maximum Gasteiger partial charge on any atom is 0.324 e. The highest BCUT2D eigenvalue weighted by atomic mass is 19.2. The molecule has 0 bridgehead atoms. The second kappa shape index (κ2) is 5.35. The van der Waals surface area contributed by atoms with Gasteiger partial charge in [-0.2, -0.15) is 8.78 Å². The van der Waals surface area contributed by atoms with E-state index in [1.807, 2.05) is 0 Å². The van der Waals surface area contributed by atoms with Crippen molar-refractivity contribution in [1.82, 2.24) is 10.2 Å². The van der Waals surface area contributed by atoms with Crippen molar-refractivity contribution >= 4 is 11.9 Å². The van der Waals surface area contributed by atoms with E-state index in [4.69, 9.17) is 0 Å². The third-order valence-corrected chi connectivity index (χ3v) is 2.57. The fourth-order valence-corrected chi connectivity index (χ4v) is 1.60. The minimum atomic E-state index is -1.75. The van der Waals surface area contributed by atoms with E-state index in [0.717, 1.165) is 4.90 Å². The first kappa shape index (κ1) is 14.1. The van der Waals surface area contributed by atoms with E-state index in [2.05, 4.69) is 10.1 Å². The molecule has 2 rings (SSSR count). The number of carbonyl (C=O) groups excluding carboxylic acids is 2. The molecule has 0 aliphatic carbocycles. The van der Waals surface area contributed by atoms with Crippen LogP contribution in [0, 0.1) is 23.3 Å². The number of hydrogen-bond acceptors (Lipinski definition) is 3. The van der Waals surface area contributed by atoms with Gasteiger partial charge in [-0.1, -0.05) is 0 Å². The number of hydrogen-bond donors (Lipinski definition) is 1. The predicted octanol–water partition coefficient (Wildman–Crippen LogP) is 1.17. The summed E-state index contributed by atoms with van der Waals surface area (Å²) in [6, 6.07) is -0.655. The topological polar surface area (TPSA) is 58.6 Å². The second-order valence-electron chi connectivity index (χ2n) is 3.86. The molecule has 20 heavy (non-hydrogen) atoms. The average Bonchev–Trinajstić information content (AvgIpc) is 2.82. The molecule has 0 aromatic heterocycles. The van der Waals surface area contributed by atoms with Crippen LogP contribution in [0.3, 0.4) is 0 Å². The van der Waals surface area contributed by atoms with E-state index >= 15 is 0 Å². The van der Waals surface area contributed by atoms with Crippen molar-refractivity contribution in [3.05, 3.63) is 29.3 Å². The maximum atomic E-state index is 13.2. The number of carbonyl (C=O) groups is 2. The summed E-state index contributed by atoms with van der Waals surface area (Å²) in [5.41, 5.74) is 0. The van der Waals surface area contributed by atoms with Crippen LogP contribution in [0.4, 0.5) is 22.4 Å². The van der Waals surface area contributed by atoms with Crippen LogP contribution in [0.15, 0.2) is 6.07 Å². The molecular weight excluding hydrogens is 284 g/mol. The predicted molar refractivity (Wildman–Crippen MR) is 56.9 cm³/mol. The van der Waals surface area contributed by atoms with E-state index in [1.165, 1.54) is 0 Å². The monoisotopic (exact) mass is 292 g/mol. The largest absolute Gasteiger partial charge is 0.477 e. The first-order valence-corrected chi connectivity index (χ1v) is 5.45. The average molecular weight is 292 g/mol. The van der Waals surface area contributed by atoms with Crippen molar-refractivity contribution in [1.29, 1.82) is 0 Å². The Morgan fingerprint density at radius 1 is 1.25 bits per heavy atom. The van der Waals surface area contributed by atoms with Gasteiger partial charge >= 0.3 is 6.03 Å². The number of halogens is 4. The molecule has 108 valence electrons. The molecule has 3 amide bonds. The molecular formula is C11H8F4N2O3. The standard InChI is InChI=1S/C11H8F4N2O3/c12-5-3-6(13)9(15)10(8(5)14)20-4-7(18)17-2-1-16-11(17)19/h3H,1-2,4H2,(H,16,19). The molecule has 1 heterocycles. The van der Waals surface area contributed by atoms with Gasteiger partial charge < -0.3 is 10.1 Å². The van der Waals surface area contributed by atoms with Crippen molar-refractivity contribution in [3.8, 4) is 5.75 Å². The van der Waals surface area contributed by atoms with Crippen molar-refractivity contribution < 1.29 is 31.9 Å². The number of ether oxygens (including phenoxy) is 1. The van der Waals surface area contributed by atoms with Crippen LogP contribution in [0.25, 0.3) is 0 Å². The molecule has 1 aromatic carbocycles. The molecule has 1 N–H and O–H groups in total. The highest BCUT2D eigenvalue weighted by Gasteiger charge is 2.28. The fraction of sp³-hybridized carbons (Fsp3) is 0.273. The molecule has 1 aliphatic heterocycles. The van der Waals surface area contributed by atoms with Crippen molar-refractivity contribution in [2.45, 2.75) is 0 Å². The van der Waals surface area contributed by atoms with Crippen LogP contribution >= 0.6 is 0 Å². The summed E-state index contributed by atoms with van der Waals surface area (Å²) in [5, 5.41) is 2.33. The van der Waals surface area contributed by atoms with Gasteiger partial charge in [-0.15, -0.1) is 0 Å². The van der Waals surface area contributed by atoms with Crippen LogP contribution in [0.1, 0.15) is 0 Å². The molecule has 0 spiro atoms. The SMILES string of the molecule is O=C(COc1c(F)c(F)cc(F)c1F)N1CCNC1=O. The van der Waals surface area contributed by atoms with Gasteiger partial charge in [-0.3, -0.25) is 9.69 Å². The van der Waals surface area contributed by atoms with E-state index in [-0.39, 0.29) is 19.2 Å². The van der Waals surface area contributed by atoms with Gasteiger partial charge in [0.25, 0.3) is 5.91 Å². The van der Waals surface area contributed by atoms with Crippen LogP contribution in [-0.2, 0) is 4.79 Å². The number of rotatable bonds is 3. The van der Waals surface area contributed by atoms with Gasteiger partial charge in [0.05, 0.1) is 0 Å². The van der Waals surface area contributed by atoms with E-state index in [1.54, 1.807) is 0 Å². The molecule has 5 nitrogen and oxygen atoms in total. The van der Waals surface area contributed by atoms with Gasteiger partial charge in [-0.25, -0.2) is 13.6 Å². The Hall–Kier alpha value is -2.32. The summed E-state index contributed by atoms with van der Waals surface area (Å²) in [7, 11) is 0. The van der Waals surface area contributed by atoms with E-state index in [9.17, 15) is 27.2 Å². The van der Waals surface area contributed by atoms with Gasteiger partial charge in [0.1, 0.15) is 0 Å². The Morgan fingerprint density at radius 3 is 2.35 bits per heavy atom. The molecule has 9 heteroatoms. The summed E-state index contributed by atoms with van der Waals surface area (Å²) in [6.45, 7) is -0.616. The van der Waals surface area contributed by atoms with Crippen LogP contribution < -0.4 is 10.1 Å². The van der Waals surface area contributed by atoms with Gasteiger partial charge in [-0.05, 0) is 0 Å². The lowest BCUT2D eigenvalue weighted by atomic mass is 10.3. The Morgan fingerprint density at radius 2 is 1.85 bits per heavy atom. The number of nitrogens with one attached hydrogen (secondary N) is 1. The quantitative estimate of drug-likeness (QED) is 0.672. The summed E-state index contributed by atoms with van der Waals surface area (Å²) < 4.78 is 56.7. The smallest absolute Gasteiger partial charge is 0.324 e. The first-order chi connectivity index (χ1) is 9.41. The molecule has 1 fully saturated rings. The summed E-state index contributed by atoms with van der Waals surface area (Å²) in [6.07, 6.45) is 0. The maximum absolute atomic E-state index is 13.2. The lowest BCUT2D eigenvalue weighted by Gasteiger charge is -2.13. The second-order valence-corrected chi connectivity index (χ2v) is 3.86. The summed E-state index contributed by atoms with van der Waals surface area (Å²) >= 11 is 0. The lowest BCUT2D eigenvalue weighted by Crippen LogP contribution is -2.37. The highest BCUT2D eigenvalue weighted by Crippen LogP contribution is 2.26. The minimum absolute atomic E-state index is 0.0211. The Balaban J connectivity index is 2.11. The summed E-state index contributed by atoms with van der Waals surface area (Å²) in [5.74, 6) is -9.01. The van der Waals surface area contributed by atoms with Gasteiger partial charge in [0, 0.05) is 19.2 Å². The molecule has 0 radical (unpaired) electrons. The fourth-order valence-electron chi connectivity index (χ4n) is 1.60. The van der Waals surface area contributed by atoms with Crippen LogP contribution in [-0.4, -0.2) is 36.5 Å². The number of imide groups is 1. The third kappa shape index (κ3) is 2.51. The molecule has 1 aromatic rings. The molecule has 0 unspecified atom stereocenters. The number of urea groups is 1. The zero-order valence-corrected chi connectivity index (χ0v) is 9.88. The molecule has 1 saturated heterocycles. The van der Waals surface area contributed by atoms with E-state index < -0.39 is 47.6 Å². The van der Waals surface area contributed by atoms with Crippen molar-refractivity contribution in [2.75, 3.05) is 19.7 Å². The van der Waals surface area contributed by atoms with Gasteiger partial charge in [0.2, 0.25) is 11.6 Å². The Bertz CT molecular complexity index is 553. The molecule has 1 aliphatic rings. The normalized spacial score (nSPS) is 14.4. The third-order valence-electron chi connectivity index (χ3n) is 2.57.